The molecule has 0 aliphatic carbocycles. The molecule has 0 fully saturated rings. The number of hydrogen-bond donors (Lipinski definition) is 0. The van der Waals surface area contributed by atoms with Gasteiger partial charge >= 0.3 is 5.97 Å². The zero-order valence-corrected chi connectivity index (χ0v) is 9.13. The SMILES string of the molecule is COC(=O)c1ccc(C=CCN=[N+]=[N-])cc1F. The second-order valence-electron chi connectivity index (χ2n) is 3.05. The Kier molecular flexibility index (Phi) is 4.72. The lowest BCUT2D eigenvalue weighted by Gasteiger charge is -2.01. The first kappa shape index (κ1) is 12.7. The van der Waals surface area contributed by atoms with Crippen molar-refractivity contribution in [3.8, 4) is 0 Å². The Bertz CT molecular complexity index is 493. The van der Waals surface area contributed by atoms with Crippen LogP contribution in [0, 0.1) is 5.82 Å². The molecule has 0 bridgehead atoms. The van der Waals surface area contributed by atoms with Gasteiger partial charge in [0, 0.05) is 11.5 Å². The summed E-state index contributed by atoms with van der Waals surface area (Å²) in [6.07, 6.45) is 3.19. The van der Waals surface area contributed by atoms with E-state index in [1.165, 1.54) is 19.2 Å². The first-order valence-corrected chi connectivity index (χ1v) is 4.74. The Balaban J connectivity index is 2.85. The number of carbonyl (C=O) groups is 1. The van der Waals surface area contributed by atoms with Crippen LogP contribution in [0.1, 0.15) is 15.9 Å². The Morgan fingerprint density at radius 3 is 3.00 bits per heavy atom. The van der Waals surface area contributed by atoms with Gasteiger partial charge in [-0.3, -0.25) is 0 Å². The first-order chi connectivity index (χ1) is 8.19. The lowest BCUT2D eigenvalue weighted by atomic mass is 10.1. The fraction of sp³-hybridized carbons (Fsp3) is 0.182. The summed E-state index contributed by atoms with van der Waals surface area (Å²) in [5.41, 5.74) is 8.51. The first-order valence-electron chi connectivity index (χ1n) is 4.74. The van der Waals surface area contributed by atoms with Crippen molar-refractivity contribution in [2.45, 2.75) is 0 Å². The number of esters is 1. The van der Waals surface area contributed by atoms with Gasteiger partial charge in [0.2, 0.25) is 0 Å². The molecule has 1 rings (SSSR count). The minimum absolute atomic E-state index is 0.111. The van der Waals surface area contributed by atoms with Crippen LogP contribution in [0.15, 0.2) is 29.4 Å². The van der Waals surface area contributed by atoms with Crippen LogP contribution in [0.5, 0.6) is 0 Å². The molecule has 0 aromatic heterocycles. The van der Waals surface area contributed by atoms with Crippen molar-refractivity contribution < 1.29 is 13.9 Å². The third kappa shape index (κ3) is 3.62. The summed E-state index contributed by atoms with van der Waals surface area (Å²) in [6.45, 7) is 0.191. The van der Waals surface area contributed by atoms with Crippen LogP contribution < -0.4 is 0 Å². The fourth-order valence-corrected chi connectivity index (χ4v) is 1.18. The number of azide groups is 1. The number of hydrogen-bond acceptors (Lipinski definition) is 3. The second-order valence-corrected chi connectivity index (χ2v) is 3.05. The zero-order chi connectivity index (χ0) is 12.7. The van der Waals surface area contributed by atoms with Gasteiger partial charge in [0.05, 0.1) is 12.7 Å². The van der Waals surface area contributed by atoms with Crippen molar-refractivity contribution in [3.05, 3.63) is 51.7 Å². The van der Waals surface area contributed by atoms with Crippen LogP contribution in [-0.4, -0.2) is 19.6 Å². The van der Waals surface area contributed by atoms with Crippen molar-refractivity contribution in [2.24, 2.45) is 5.11 Å². The molecule has 0 saturated carbocycles. The van der Waals surface area contributed by atoms with Gasteiger partial charge in [-0.05, 0) is 23.2 Å². The molecule has 88 valence electrons. The maximum atomic E-state index is 13.4. The molecule has 0 unspecified atom stereocenters. The summed E-state index contributed by atoms with van der Waals surface area (Å²) in [6, 6.07) is 4.12. The Hall–Kier alpha value is -2.33. The maximum absolute atomic E-state index is 13.4. The molecule has 0 atom stereocenters. The van der Waals surface area contributed by atoms with Crippen molar-refractivity contribution in [3.63, 3.8) is 0 Å². The molecule has 0 heterocycles. The molecule has 0 spiro atoms. The summed E-state index contributed by atoms with van der Waals surface area (Å²) in [4.78, 5) is 13.7. The topological polar surface area (TPSA) is 75.1 Å². The molecule has 1 aromatic rings. The molecular formula is C11H10FN3O2. The van der Waals surface area contributed by atoms with E-state index in [9.17, 15) is 9.18 Å². The Morgan fingerprint density at radius 1 is 1.65 bits per heavy atom. The lowest BCUT2D eigenvalue weighted by molar-refractivity contribution is 0.0595. The van der Waals surface area contributed by atoms with Gasteiger partial charge in [0.1, 0.15) is 5.82 Å². The third-order valence-corrected chi connectivity index (χ3v) is 1.96. The van der Waals surface area contributed by atoms with Crippen molar-refractivity contribution in [1.29, 1.82) is 0 Å². The van der Waals surface area contributed by atoms with E-state index in [0.29, 0.717) is 5.56 Å². The van der Waals surface area contributed by atoms with Crippen LogP contribution in [0.4, 0.5) is 4.39 Å². The molecule has 0 N–H and O–H groups in total. The van der Waals surface area contributed by atoms with Crippen molar-refractivity contribution in [2.75, 3.05) is 13.7 Å². The number of carbonyl (C=O) groups excluding carboxylic acids is 1. The normalized spacial score (nSPS) is 10.0. The predicted molar refractivity (Wildman–Crippen MR) is 60.8 cm³/mol. The number of ether oxygens (including phenoxy) is 1. The average molecular weight is 235 g/mol. The van der Waals surface area contributed by atoms with Crippen LogP contribution in [0.2, 0.25) is 0 Å². The minimum atomic E-state index is -0.716. The monoisotopic (exact) mass is 235 g/mol. The Labute approximate surface area is 97.1 Å². The highest BCUT2D eigenvalue weighted by molar-refractivity contribution is 5.89. The van der Waals surface area contributed by atoms with Gasteiger partial charge in [-0.15, -0.1) is 0 Å². The number of methoxy groups -OCH3 is 1. The summed E-state index contributed by atoms with van der Waals surface area (Å²) in [5.74, 6) is -1.37. The highest BCUT2D eigenvalue weighted by Gasteiger charge is 2.11. The standard InChI is InChI=1S/C11H10FN3O2/c1-17-11(16)9-5-4-8(7-10(9)12)3-2-6-14-15-13/h2-5,7H,6H2,1H3. The van der Waals surface area contributed by atoms with E-state index >= 15 is 0 Å². The summed E-state index contributed by atoms with van der Waals surface area (Å²) < 4.78 is 17.9. The molecule has 0 aliphatic rings. The highest BCUT2D eigenvalue weighted by Crippen LogP contribution is 2.12. The van der Waals surface area contributed by atoms with E-state index in [2.05, 4.69) is 14.8 Å². The summed E-state index contributed by atoms with van der Waals surface area (Å²) in [5, 5.41) is 3.29. The van der Waals surface area contributed by atoms with Gasteiger partial charge in [-0.2, -0.15) is 0 Å². The number of rotatable bonds is 4. The number of halogens is 1. The van der Waals surface area contributed by atoms with E-state index in [1.54, 1.807) is 18.2 Å². The van der Waals surface area contributed by atoms with Crippen molar-refractivity contribution >= 4 is 12.0 Å². The molecule has 1 aromatic carbocycles. The summed E-state index contributed by atoms with van der Waals surface area (Å²) in [7, 11) is 1.19. The van der Waals surface area contributed by atoms with E-state index in [-0.39, 0.29) is 12.1 Å². The molecule has 17 heavy (non-hydrogen) atoms. The molecular weight excluding hydrogens is 225 g/mol. The zero-order valence-electron chi connectivity index (χ0n) is 9.13. The summed E-state index contributed by atoms with van der Waals surface area (Å²) >= 11 is 0. The van der Waals surface area contributed by atoms with Crippen LogP contribution in [0.3, 0.4) is 0 Å². The van der Waals surface area contributed by atoms with Gasteiger partial charge in [-0.1, -0.05) is 23.3 Å². The molecule has 0 amide bonds. The third-order valence-electron chi connectivity index (χ3n) is 1.96. The predicted octanol–water partition coefficient (Wildman–Crippen LogP) is 2.94. The van der Waals surface area contributed by atoms with Gasteiger partial charge < -0.3 is 4.74 Å². The molecule has 0 radical (unpaired) electrons. The lowest BCUT2D eigenvalue weighted by Crippen LogP contribution is -2.04. The van der Waals surface area contributed by atoms with Crippen molar-refractivity contribution in [1.82, 2.24) is 0 Å². The number of nitrogens with zero attached hydrogens (tertiary/aromatic N) is 3. The van der Waals surface area contributed by atoms with E-state index in [4.69, 9.17) is 5.53 Å². The van der Waals surface area contributed by atoms with Gasteiger partial charge in [-0.25, -0.2) is 9.18 Å². The smallest absolute Gasteiger partial charge is 0.340 e. The minimum Gasteiger partial charge on any atom is -0.465 e. The van der Waals surface area contributed by atoms with Crippen LogP contribution >= 0.6 is 0 Å². The molecule has 0 aliphatic heterocycles. The number of benzene rings is 1. The largest absolute Gasteiger partial charge is 0.465 e. The second kappa shape index (κ2) is 6.30. The van der Waals surface area contributed by atoms with Crippen LogP contribution in [0.25, 0.3) is 16.5 Å². The average Bonchev–Trinajstić information content (AvgIpc) is 2.34. The highest BCUT2D eigenvalue weighted by atomic mass is 19.1. The quantitative estimate of drug-likeness (QED) is 0.348. The Morgan fingerprint density at radius 2 is 2.41 bits per heavy atom. The van der Waals surface area contributed by atoms with E-state index in [0.717, 1.165) is 0 Å². The molecule has 0 saturated heterocycles. The fourth-order valence-electron chi connectivity index (χ4n) is 1.18. The molecule has 5 nitrogen and oxygen atoms in total. The maximum Gasteiger partial charge on any atom is 0.340 e. The molecule has 6 heteroatoms. The van der Waals surface area contributed by atoms with E-state index < -0.39 is 11.8 Å². The van der Waals surface area contributed by atoms with Gasteiger partial charge in [0.15, 0.2) is 0 Å². The van der Waals surface area contributed by atoms with Gasteiger partial charge in [0.25, 0.3) is 0 Å². The van der Waals surface area contributed by atoms with E-state index in [1.807, 2.05) is 0 Å². The van der Waals surface area contributed by atoms with Crippen LogP contribution in [-0.2, 0) is 4.74 Å².